The molecule has 3 amide bonds. The zero-order valence-corrected chi connectivity index (χ0v) is 19.4. The smallest absolute Gasteiger partial charge is 0.320 e. The minimum Gasteiger partial charge on any atom is -0.465 e. The molecule has 1 unspecified atom stereocenters. The van der Waals surface area contributed by atoms with Crippen molar-refractivity contribution in [3.63, 3.8) is 0 Å². The van der Waals surface area contributed by atoms with Crippen LogP contribution < -0.4 is 15.5 Å². The maximum Gasteiger partial charge on any atom is 0.320 e. The van der Waals surface area contributed by atoms with Crippen molar-refractivity contribution in [1.29, 1.82) is 0 Å². The summed E-state index contributed by atoms with van der Waals surface area (Å²) in [5.74, 6) is -0.294. The third kappa shape index (κ3) is 5.81. The van der Waals surface area contributed by atoms with E-state index in [1.54, 1.807) is 36.2 Å². The number of carbonyl (C=O) groups is 3. The summed E-state index contributed by atoms with van der Waals surface area (Å²) in [6, 6.07) is 17.9. The fourth-order valence-electron chi connectivity index (χ4n) is 4.15. The molecule has 1 atom stereocenters. The van der Waals surface area contributed by atoms with E-state index in [9.17, 15) is 14.4 Å². The highest BCUT2D eigenvalue weighted by Crippen LogP contribution is 2.39. The normalized spacial score (nSPS) is 17.2. The van der Waals surface area contributed by atoms with Gasteiger partial charge in [0.05, 0.1) is 24.3 Å². The number of anilines is 2. The lowest BCUT2D eigenvalue weighted by atomic mass is 9.80. The van der Waals surface area contributed by atoms with Crippen molar-refractivity contribution in [3.8, 4) is 0 Å². The minimum atomic E-state index is -0.995. The Morgan fingerprint density at radius 1 is 1.06 bits per heavy atom. The van der Waals surface area contributed by atoms with Gasteiger partial charge in [-0.25, -0.2) is 9.78 Å². The lowest BCUT2D eigenvalue weighted by Crippen LogP contribution is -2.38. The average molecular weight is 474 g/mol. The van der Waals surface area contributed by atoms with Crippen molar-refractivity contribution >= 4 is 29.4 Å². The second-order valence-corrected chi connectivity index (χ2v) is 8.35. The number of esters is 1. The zero-order valence-electron chi connectivity index (χ0n) is 19.4. The van der Waals surface area contributed by atoms with Crippen molar-refractivity contribution in [2.75, 3.05) is 23.4 Å². The largest absolute Gasteiger partial charge is 0.465 e. The molecule has 1 aliphatic rings. The summed E-state index contributed by atoms with van der Waals surface area (Å²) in [7, 11) is 0. The second-order valence-electron chi connectivity index (χ2n) is 8.35. The Bertz CT molecular complexity index is 1190. The Morgan fingerprint density at radius 3 is 2.60 bits per heavy atom. The minimum absolute atomic E-state index is 0.0381. The van der Waals surface area contributed by atoms with E-state index < -0.39 is 11.4 Å². The fourth-order valence-corrected chi connectivity index (χ4v) is 4.15. The summed E-state index contributed by atoms with van der Waals surface area (Å²) in [6.45, 7) is 2.43. The lowest BCUT2D eigenvalue weighted by Gasteiger charge is -2.26. The van der Waals surface area contributed by atoms with Gasteiger partial charge in [-0.1, -0.05) is 36.4 Å². The summed E-state index contributed by atoms with van der Waals surface area (Å²) < 4.78 is 5.37. The Balaban J connectivity index is 1.48. The van der Waals surface area contributed by atoms with E-state index in [2.05, 4.69) is 20.6 Å². The number of carbonyl (C=O) groups excluding carboxylic acids is 3. The molecule has 2 N–H and O–H groups in total. The van der Waals surface area contributed by atoms with Gasteiger partial charge in [0.15, 0.2) is 0 Å². The van der Waals surface area contributed by atoms with E-state index in [-0.39, 0.29) is 43.8 Å². The highest BCUT2D eigenvalue weighted by molar-refractivity contribution is 6.01. The van der Waals surface area contributed by atoms with E-state index in [0.29, 0.717) is 12.1 Å². The van der Waals surface area contributed by atoms with Gasteiger partial charge in [-0.15, -0.1) is 0 Å². The molecule has 0 radical (unpaired) electrons. The molecule has 0 aliphatic carbocycles. The third-order valence-electron chi connectivity index (χ3n) is 5.80. The van der Waals surface area contributed by atoms with Crippen molar-refractivity contribution in [2.24, 2.45) is 5.41 Å². The highest BCUT2D eigenvalue weighted by atomic mass is 16.5. The van der Waals surface area contributed by atoms with Gasteiger partial charge in [0.25, 0.3) is 0 Å². The number of urea groups is 1. The van der Waals surface area contributed by atoms with Gasteiger partial charge in [-0.3, -0.25) is 19.9 Å². The second kappa shape index (κ2) is 10.8. The number of amides is 3. The van der Waals surface area contributed by atoms with E-state index in [0.717, 1.165) is 11.3 Å². The molecule has 0 bridgehead atoms. The molecule has 180 valence electrons. The van der Waals surface area contributed by atoms with Gasteiger partial charge in [-0.05, 0) is 37.1 Å². The van der Waals surface area contributed by atoms with E-state index in [1.165, 1.54) is 6.20 Å². The Labute approximate surface area is 203 Å². The van der Waals surface area contributed by atoms with Crippen LogP contribution in [0.3, 0.4) is 0 Å². The Hall–Kier alpha value is -4.27. The van der Waals surface area contributed by atoms with Gasteiger partial charge in [0.1, 0.15) is 5.82 Å². The first-order valence-corrected chi connectivity index (χ1v) is 11.4. The molecule has 3 aromatic rings. The number of ether oxygens (including phenoxy) is 1. The summed E-state index contributed by atoms with van der Waals surface area (Å²) >= 11 is 0. The standard InChI is InChI=1S/C26H27N5O4/c1-2-35-24(33)26(15-19-8-4-3-5-9-19)16-23(32)31(18-26)21-11-13-28-22(14-21)30-25(34)29-17-20-10-6-7-12-27-20/h3-14H,2,15-18H2,1H3,(H2,28,29,30,34). The number of nitrogens with one attached hydrogen (secondary N) is 2. The molecule has 4 rings (SSSR count). The van der Waals surface area contributed by atoms with Crippen molar-refractivity contribution in [1.82, 2.24) is 15.3 Å². The van der Waals surface area contributed by atoms with Gasteiger partial charge in [0.2, 0.25) is 5.91 Å². The van der Waals surface area contributed by atoms with Crippen molar-refractivity contribution in [3.05, 3.63) is 84.3 Å². The first-order valence-electron chi connectivity index (χ1n) is 11.4. The first kappa shape index (κ1) is 23.9. The number of pyridine rings is 2. The first-order chi connectivity index (χ1) is 17.0. The lowest BCUT2D eigenvalue weighted by molar-refractivity contribution is -0.154. The van der Waals surface area contributed by atoms with Crippen LogP contribution in [0.15, 0.2) is 73.1 Å². The average Bonchev–Trinajstić information content (AvgIpc) is 3.21. The van der Waals surface area contributed by atoms with Gasteiger partial charge in [-0.2, -0.15) is 0 Å². The predicted octanol–water partition coefficient (Wildman–Crippen LogP) is 3.33. The van der Waals surface area contributed by atoms with Crippen LogP contribution in [0.2, 0.25) is 0 Å². The Kier molecular flexibility index (Phi) is 7.35. The molecule has 1 fully saturated rings. The number of hydrogen-bond acceptors (Lipinski definition) is 6. The van der Waals surface area contributed by atoms with Crippen molar-refractivity contribution < 1.29 is 19.1 Å². The van der Waals surface area contributed by atoms with E-state index in [4.69, 9.17) is 4.74 Å². The third-order valence-corrected chi connectivity index (χ3v) is 5.80. The molecule has 1 aromatic carbocycles. The summed E-state index contributed by atoms with van der Waals surface area (Å²) in [6.07, 6.45) is 3.59. The van der Waals surface area contributed by atoms with Crippen LogP contribution in [-0.4, -0.2) is 41.0 Å². The van der Waals surface area contributed by atoms with Gasteiger partial charge >= 0.3 is 12.0 Å². The molecule has 9 heteroatoms. The van der Waals surface area contributed by atoms with Crippen LogP contribution in [-0.2, 0) is 27.3 Å². The van der Waals surface area contributed by atoms with Crippen LogP contribution in [0, 0.1) is 5.41 Å². The molecule has 1 aliphatic heterocycles. The van der Waals surface area contributed by atoms with E-state index in [1.807, 2.05) is 42.5 Å². The Morgan fingerprint density at radius 2 is 1.86 bits per heavy atom. The maximum atomic E-state index is 13.1. The predicted molar refractivity (Wildman–Crippen MR) is 131 cm³/mol. The molecular weight excluding hydrogens is 446 g/mol. The van der Waals surface area contributed by atoms with Crippen LogP contribution in [0.1, 0.15) is 24.6 Å². The molecule has 3 heterocycles. The number of rotatable bonds is 8. The summed E-state index contributed by atoms with van der Waals surface area (Å²) in [4.78, 5) is 48.3. The molecular formula is C26H27N5O4. The molecule has 1 saturated heterocycles. The number of nitrogens with zero attached hydrogens (tertiary/aromatic N) is 3. The van der Waals surface area contributed by atoms with Crippen molar-refractivity contribution in [2.45, 2.75) is 26.3 Å². The molecule has 2 aromatic heterocycles. The number of hydrogen-bond donors (Lipinski definition) is 2. The van der Waals surface area contributed by atoms with Crippen LogP contribution >= 0.6 is 0 Å². The zero-order chi connectivity index (χ0) is 24.7. The maximum absolute atomic E-state index is 13.1. The highest BCUT2D eigenvalue weighted by Gasteiger charge is 2.50. The number of aromatic nitrogens is 2. The summed E-state index contributed by atoms with van der Waals surface area (Å²) in [5, 5.41) is 5.40. The van der Waals surface area contributed by atoms with Gasteiger partial charge in [0, 0.05) is 37.1 Å². The molecule has 35 heavy (non-hydrogen) atoms. The SMILES string of the molecule is CCOC(=O)C1(Cc2ccccc2)CC(=O)N(c2ccnc(NC(=O)NCc3ccccn3)c2)C1. The molecule has 0 saturated carbocycles. The van der Waals surface area contributed by atoms with E-state index >= 15 is 0 Å². The van der Waals surface area contributed by atoms with Crippen LogP contribution in [0.25, 0.3) is 0 Å². The van der Waals surface area contributed by atoms with Crippen LogP contribution in [0.4, 0.5) is 16.3 Å². The monoisotopic (exact) mass is 473 g/mol. The van der Waals surface area contributed by atoms with Crippen LogP contribution in [0.5, 0.6) is 0 Å². The molecule has 0 spiro atoms. The van der Waals surface area contributed by atoms with Gasteiger partial charge < -0.3 is 15.0 Å². The fraction of sp³-hybridized carbons (Fsp3) is 0.269. The number of benzene rings is 1. The summed E-state index contributed by atoms with van der Waals surface area (Å²) in [5.41, 5.74) is 1.23. The topological polar surface area (TPSA) is 114 Å². The molecule has 9 nitrogen and oxygen atoms in total. The quantitative estimate of drug-likeness (QED) is 0.485.